The fraction of sp³-hybridized carbons (Fsp3) is 0.0769. The summed E-state index contributed by atoms with van der Waals surface area (Å²) in [7, 11) is 1.86. The summed E-state index contributed by atoms with van der Waals surface area (Å²) >= 11 is 7.64. The van der Waals surface area contributed by atoms with Crippen LogP contribution in [0.15, 0.2) is 35.7 Å². The first kappa shape index (κ1) is 11.4. The van der Waals surface area contributed by atoms with Gasteiger partial charge in [0.25, 0.3) is 0 Å². The van der Waals surface area contributed by atoms with E-state index in [1.165, 1.54) is 0 Å². The van der Waals surface area contributed by atoms with Gasteiger partial charge in [-0.2, -0.15) is 0 Å². The molecule has 3 rings (SSSR count). The molecule has 1 N–H and O–H groups in total. The Morgan fingerprint density at radius 1 is 1.22 bits per heavy atom. The van der Waals surface area contributed by atoms with Gasteiger partial charge in [0.15, 0.2) is 5.82 Å². The highest BCUT2D eigenvalue weighted by Gasteiger charge is 2.09. The van der Waals surface area contributed by atoms with E-state index in [9.17, 15) is 0 Å². The van der Waals surface area contributed by atoms with Gasteiger partial charge in [0.1, 0.15) is 5.82 Å². The summed E-state index contributed by atoms with van der Waals surface area (Å²) in [6, 6.07) is 9.64. The Bertz CT molecular complexity index is 695. The Kier molecular flexibility index (Phi) is 2.89. The van der Waals surface area contributed by atoms with Crippen LogP contribution < -0.4 is 5.32 Å². The first-order valence-electron chi connectivity index (χ1n) is 5.47. The zero-order chi connectivity index (χ0) is 12.5. The number of hydrogen-bond acceptors (Lipinski definition) is 4. The van der Waals surface area contributed by atoms with Gasteiger partial charge in [0.05, 0.1) is 10.4 Å². The third kappa shape index (κ3) is 1.94. The highest BCUT2D eigenvalue weighted by atomic mass is 35.5. The van der Waals surface area contributed by atoms with Crippen molar-refractivity contribution in [2.45, 2.75) is 0 Å². The molecule has 0 saturated heterocycles. The van der Waals surface area contributed by atoms with Gasteiger partial charge >= 0.3 is 0 Å². The number of nitrogens with zero attached hydrogens (tertiary/aromatic N) is 2. The van der Waals surface area contributed by atoms with E-state index >= 15 is 0 Å². The van der Waals surface area contributed by atoms with E-state index in [1.54, 1.807) is 11.3 Å². The lowest BCUT2D eigenvalue weighted by molar-refractivity contribution is 1.22. The van der Waals surface area contributed by atoms with Crippen molar-refractivity contribution in [2.24, 2.45) is 0 Å². The van der Waals surface area contributed by atoms with E-state index in [0.29, 0.717) is 5.02 Å². The summed E-state index contributed by atoms with van der Waals surface area (Å²) in [5, 5.41) is 6.77. The minimum atomic E-state index is 0.681. The molecule has 0 saturated carbocycles. The van der Waals surface area contributed by atoms with E-state index in [4.69, 9.17) is 11.6 Å². The molecule has 0 bridgehead atoms. The number of nitrogens with one attached hydrogen (secondary N) is 1. The second kappa shape index (κ2) is 4.55. The Labute approximate surface area is 113 Å². The SMILES string of the molecule is CNc1nc(-c2cccs2)nc2cc(Cl)ccc12. The largest absolute Gasteiger partial charge is 0.373 e. The predicted octanol–water partition coefficient (Wildman–Crippen LogP) is 4.05. The summed E-state index contributed by atoms with van der Waals surface area (Å²) < 4.78 is 0. The van der Waals surface area contributed by atoms with Crippen molar-refractivity contribution in [1.82, 2.24) is 9.97 Å². The van der Waals surface area contributed by atoms with Crippen LogP contribution in [0.2, 0.25) is 5.02 Å². The van der Waals surface area contributed by atoms with Crippen molar-refractivity contribution >= 4 is 39.7 Å². The van der Waals surface area contributed by atoms with Crippen LogP contribution in [0.1, 0.15) is 0 Å². The topological polar surface area (TPSA) is 37.8 Å². The summed E-state index contributed by atoms with van der Waals surface area (Å²) in [5.41, 5.74) is 0.852. The molecule has 0 fully saturated rings. The van der Waals surface area contributed by atoms with Gasteiger partial charge in [-0.1, -0.05) is 17.7 Å². The molecule has 0 radical (unpaired) electrons. The summed E-state index contributed by atoms with van der Waals surface area (Å²) in [6.45, 7) is 0. The number of rotatable bonds is 2. The van der Waals surface area contributed by atoms with Crippen LogP contribution in [0.3, 0.4) is 0 Å². The summed E-state index contributed by atoms with van der Waals surface area (Å²) in [4.78, 5) is 10.1. The maximum absolute atomic E-state index is 6.01. The molecular weight excluding hydrogens is 266 g/mol. The quantitative estimate of drug-likeness (QED) is 0.767. The number of fused-ring (bicyclic) bond motifs is 1. The van der Waals surface area contributed by atoms with E-state index in [-0.39, 0.29) is 0 Å². The lowest BCUT2D eigenvalue weighted by Crippen LogP contribution is -1.97. The molecule has 2 aromatic heterocycles. The molecule has 3 aromatic rings. The molecule has 0 spiro atoms. The molecule has 0 aliphatic rings. The number of benzene rings is 1. The van der Waals surface area contributed by atoms with Crippen LogP contribution in [0.5, 0.6) is 0 Å². The van der Waals surface area contributed by atoms with Crippen LogP contribution in [-0.4, -0.2) is 17.0 Å². The Morgan fingerprint density at radius 2 is 2.11 bits per heavy atom. The first-order valence-corrected chi connectivity index (χ1v) is 6.72. The molecule has 1 aromatic carbocycles. The Hall–Kier alpha value is -1.65. The van der Waals surface area contributed by atoms with Crippen molar-refractivity contribution < 1.29 is 0 Å². The van der Waals surface area contributed by atoms with Crippen molar-refractivity contribution in [1.29, 1.82) is 0 Å². The second-order valence-electron chi connectivity index (χ2n) is 3.78. The molecule has 5 heteroatoms. The fourth-order valence-electron chi connectivity index (χ4n) is 1.81. The molecule has 0 aliphatic heterocycles. The predicted molar refractivity (Wildman–Crippen MR) is 77.4 cm³/mol. The molecule has 90 valence electrons. The number of thiophene rings is 1. The average Bonchev–Trinajstić information content (AvgIpc) is 2.90. The molecule has 3 nitrogen and oxygen atoms in total. The van der Waals surface area contributed by atoms with Gasteiger partial charge < -0.3 is 5.32 Å². The van der Waals surface area contributed by atoms with Gasteiger partial charge in [-0.3, -0.25) is 0 Å². The van der Waals surface area contributed by atoms with Gasteiger partial charge in [0, 0.05) is 17.5 Å². The van der Waals surface area contributed by atoms with Gasteiger partial charge in [-0.05, 0) is 29.6 Å². The van der Waals surface area contributed by atoms with E-state index in [2.05, 4.69) is 15.3 Å². The zero-order valence-electron chi connectivity index (χ0n) is 9.64. The lowest BCUT2D eigenvalue weighted by atomic mass is 10.2. The zero-order valence-corrected chi connectivity index (χ0v) is 11.2. The van der Waals surface area contributed by atoms with Crippen molar-refractivity contribution in [2.75, 3.05) is 12.4 Å². The molecule has 2 heterocycles. The number of anilines is 1. The first-order chi connectivity index (χ1) is 8.78. The van der Waals surface area contributed by atoms with E-state index in [1.807, 2.05) is 42.8 Å². The van der Waals surface area contributed by atoms with Gasteiger partial charge in [-0.25, -0.2) is 9.97 Å². The molecule has 0 amide bonds. The molecule has 0 atom stereocenters. The monoisotopic (exact) mass is 275 g/mol. The van der Waals surface area contributed by atoms with Crippen molar-refractivity contribution in [3.8, 4) is 10.7 Å². The fourth-order valence-corrected chi connectivity index (χ4v) is 2.63. The second-order valence-corrected chi connectivity index (χ2v) is 5.17. The van der Waals surface area contributed by atoms with Crippen molar-refractivity contribution in [3.63, 3.8) is 0 Å². The maximum atomic E-state index is 6.01. The minimum absolute atomic E-state index is 0.681. The Balaban J connectivity index is 2.29. The molecule has 0 unspecified atom stereocenters. The smallest absolute Gasteiger partial charge is 0.172 e. The van der Waals surface area contributed by atoms with Crippen LogP contribution in [0.25, 0.3) is 21.6 Å². The third-order valence-electron chi connectivity index (χ3n) is 2.64. The number of halogens is 1. The average molecular weight is 276 g/mol. The molecule has 18 heavy (non-hydrogen) atoms. The highest BCUT2D eigenvalue weighted by Crippen LogP contribution is 2.28. The maximum Gasteiger partial charge on any atom is 0.172 e. The number of aromatic nitrogens is 2. The van der Waals surface area contributed by atoms with Crippen LogP contribution >= 0.6 is 22.9 Å². The summed E-state index contributed by atoms with van der Waals surface area (Å²) in [5.74, 6) is 1.55. The molecule has 0 aliphatic carbocycles. The van der Waals surface area contributed by atoms with Crippen LogP contribution in [-0.2, 0) is 0 Å². The van der Waals surface area contributed by atoms with Gasteiger partial charge in [0.2, 0.25) is 0 Å². The molecular formula is C13H10ClN3S. The van der Waals surface area contributed by atoms with Crippen LogP contribution in [0.4, 0.5) is 5.82 Å². The minimum Gasteiger partial charge on any atom is -0.373 e. The number of hydrogen-bond donors (Lipinski definition) is 1. The van der Waals surface area contributed by atoms with E-state index in [0.717, 1.165) is 27.4 Å². The van der Waals surface area contributed by atoms with Gasteiger partial charge in [-0.15, -0.1) is 11.3 Å². The van der Waals surface area contributed by atoms with Crippen molar-refractivity contribution in [3.05, 3.63) is 40.7 Å². The highest BCUT2D eigenvalue weighted by molar-refractivity contribution is 7.13. The standard InChI is InChI=1S/C13H10ClN3S/c1-15-12-9-5-4-8(14)7-10(9)16-13(17-12)11-3-2-6-18-11/h2-7H,1H3,(H,15,16,17). The Morgan fingerprint density at radius 3 is 2.83 bits per heavy atom. The van der Waals surface area contributed by atoms with E-state index < -0.39 is 0 Å². The lowest BCUT2D eigenvalue weighted by Gasteiger charge is -2.07. The normalized spacial score (nSPS) is 10.8. The van der Waals surface area contributed by atoms with Crippen LogP contribution in [0, 0.1) is 0 Å². The third-order valence-corrected chi connectivity index (χ3v) is 3.74. The summed E-state index contributed by atoms with van der Waals surface area (Å²) in [6.07, 6.45) is 0.